The van der Waals surface area contributed by atoms with Gasteiger partial charge in [-0.25, -0.2) is 0 Å². The van der Waals surface area contributed by atoms with Crippen molar-refractivity contribution in [2.24, 2.45) is 0 Å². The largest absolute Gasteiger partial charge is 0.352 e. The Morgan fingerprint density at radius 1 is 0.800 bits per heavy atom. The zero-order chi connectivity index (χ0) is 17.3. The maximum absolute atomic E-state index is 12.0. The van der Waals surface area contributed by atoms with E-state index >= 15 is 0 Å². The zero-order valence-electron chi connectivity index (χ0n) is 14.9. The second kappa shape index (κ2) is 9.38. The summed E-state index contributed by atoms with van der Waals surface area (Å²) < 4.78 is 0. The van der Waals surface area contributed by atoms with E-state index in [1.165, 1.54) is 44.3 Å². The van der Waals surface area contributed by atoms with Gasteiger partial charge in [-0.2, -0.15) is 0 Å². The number of rotatable bonds is 6. The van der Waals surface area contributed by atoms with Crippen molar-refractivity contribution in [3.63, 3.8) is 0 Å². The van der Waals surface area contributed by atoms with Crippen LogP contribution in [0.3, 0.4) is 0 Å². The number of nitrogens with zero attached hydrogens (tertiary/aromatic N) is 1. The molecule has 0 atom stereocenters. The Morgan fingerprint density at radius 3 is 2.12 bits per heavy atom. The molecule has 3 rings (SSSR count). The van der Waals surface area contributed by atoms with Crippen LogP contribution in [0.15, 0.2) is 54.6 Å². The van der Waals surface area contributed by atoms with Crippen molar-refractivity contribution in [2.45, 2.75) is 45.2 Å². The quantitative estimate of drug-likeness (QED) is 0.867. The number of amides is 1. The minimum atomic E-state index is 0.0693. The highest BCUT2D eigenvalue weighted by atomic mass is 16.1. The molecule has 0 radical (unpaired) electrons. The fourth-order valence-electron chi connectivity index (χ4n) is 3.36. The van der Waals surface area contributed by atoms with Gasteiger partial charge in [0.25, 0.3) is 0 Å². The zero-order valence-corrected chi connectivity index (χ0v) is 14.9. The average Bonchev–Trinajstić information content (AvgIpc) is 2.91. The molecule has 25 heavy (non-hydrogen) atoms. The normalized spacial score (nSPS) is 15.5. The molecule has 2 aromatic carbocycles. The third kappa shape index (κ3) is 6.02. The van der Waals surface area contributed by atoms with Crippen molar-refractivity contribution in [3.05, 3.63) is 71.3 Å². The van der Waals surface area contributed by atoms with Gasteiger partial charge in [0.15, 0.2) is 0 Å². The lowest BCUT2D eigenvalue weighted by Crippen LogP contribution is -2.25. The van der Waals surface area contributed by atoms with Crippen LogP contribution in [0.1, 0.15) is 42.4 Å². The molecule has 3 heteroatoms. The highest BCUT2D eigenvalue weighted by Crippen LogP contribution is 2.14. The van der Waals surface area contributed by atoms with E-state index in [0.29, 0.717) is 13.0 Å². The van der Waals surface area contributed by atoms with Crippen LogP contribution in [0.25, 0.3) is 0 Å². The van der Waals surface area contributed by atoms with E-state index in [-0.39, 0.29) is 5.91 Å². The van der Waals surface area contributed by atoms with E-state index in [4.69, 9.17) is 0 Å². The van der Waals surface area contributed by atoms with Gasteiger partial charge in [0.2, 0.25) is 5.91 Å². The van der Waals surface area contributed by atoms with Gasteiger partial charge in [-0.3, -0.25) is 9.69 Å². The number of carbonyl (C=O) groups excluding carboxylic acids is 1. The summed E-state index contributed by atoms with van der Waals surface area (Å²) in [7, 11) is 0. The number of hydrogen-bond acceptors (Lipinski definition) is 2. The number of likely N-dealkylation sites (tertiary alicyclic amines) is 1. The van der Waals surface area contributed by atoms with E-state index in [1.54, 1.807) is 0 Å². The molecule has 1 heterocycles. The smallest absolute Gasteiger partial charge is 0.224 e. The number of nitrogens with one attached hydrogen (secondary N) is 1. The number of hydrogen-bond donors (Lipinski definition) is 1. The first-order chi connectivity index (χ1) is 12.3. The minimum Gasteiger partial charge on any atom is -0.352 e. The van der Waals surface area contributed by atoms with Crippen molar-refractivity contribution in [1.82, 2.24) is 10.2 Å². The Bertz CT molecular complexity index is 643. The molecule has 1 aliphatic heterocycles. The van der Waals surface area contributed by atoms with Crippen LogP contribution in [-0.2, 0) is 24.3 Å². The van der Waals surface area contributed by atoms with Gasteiger partial charge < -0.3 is 5.32 Å². The van der Waals surface area contributed by atoms with E-state index in [2.05, 4.69) is 34.5 Å². The molecule has 0 unspecified atom stereocenters. The third-order valence-electron chi connectivity index (χ3n) is 4.83. The van der Waals surface area contributed by atoms with E-state index < -0.39 is 0 Å². The maximum Gasteiger partial charge on any atom is 0.224 e. The van der Waals surface area contributed by atoms with Gasteiger partial charge in [0, 0.05) is 13.1 Å². The second-order valence-corrected chi connectivity index (χ2v) is 6.95. The summed E-state index contributed by atoms with van der Waals surface area (Å²) >= 11 is 0. The summed E-state index contributed by atoms with van der Waals surface area (Å²) in [6, 6.07) is 18.5. The summed E-state index contributed by atoms with van der Waals surface area (Å²) in [6.45, 7) is 4.07. The number of benzene rings is 2. The number of carbonyl (C=O) groups is 1. The molecule has 1 amide bonds. The molecule has 132 valence electrons. The van der Waals surface area contributed by atoms with Crippen molar-refractivity contribution < 1.29 is 4.79 Å². The van der Waals surface area contributed by atoms with Crippen LogP contribution in [0.5, 0.6) is 0 Å². The molecule has 1 saturated heterocycles. The van der Waals surface area contributed by atoms with E-state index in [9.17, 15) is 4.79 Å². The topological polar surface area (TPSA) is 32.3 Å². The second-order valence-electron chi connectivity index (χ2n) is 6.95. The van der Waals surface area contributed by atoms with Crippen LogP contribution in [0.4, 0.5) is 0 Å². The predicted molar refractivity (Wildman–Crippen MR) is 102 cm³/mol. The van der Waals surface area contributed by atoms with E-state index in [1.807, 2.05) is 30.3 Å². The molecule has 1 fully saturated rings. The molecule has 2 aromatic rings. The van der Waals surface area contributed by atoms with Gasteiger partial charge in [-0.05, 0) is 42.6 Å². The van der Waals surface area contributed by atoms with Crippen LogP contribution in [-0.4, -0.2) is 23.9 Å². The predicted octanol–water partition coefficient (Wildman–Crippen LogP) is 3.92. The maximum atomic E-state index is 12.0. The van der Waals surface area contributed by atoms with E-state index in [0.717, 1.165) is 17.7 Å². The van der Waals surface area contributed by atoms with Gasteiger partial charge in [-0.1, -0.05) is 67.4 Å². The first kappa shape index (κ1) is 17.7. The molecule has 3 nitrogen and oxygen atoms in total. The van der Waals surface area contributed by atoms with Gasteiger partial charge in [0.05, 0.1) is 6.42 Å². The summed E-state index contributed by atoms with van der Waals surface area (Å²) in [4.78, 5) is 14.6. The molecular formula is C22H28N2O. The fraction of sp³-hybridized carbons (Fsp3) is 0.409. The van der Waals surface area contributed by atoms with Crippen molar-refractivity contribution >= 4 is 5.91 Å². The molecule has 1 N–H and O–H groups in total. The lowest BCUT2D eigenvalue weighted by molar-refractivity contribution is -0.120. The lowest BCUT2D eigenvalue weighted by Gasteiger charge is -2.19. The molecule has 0 bridgehead atoms. The first-order valence-electron chi connectivity index (χ1n) is 9.40. The van der Waals surface area contributed by atoms with Gasteiger partial charge in [-0.15, -0.1) is 0 Å². The summed E-state index contributed by atoms with van der Waals surface area (Å²) in [5.74, 6) is 0.0693. The first-order valence-corrected chi connectivity index (χ1v) is 9.40. The highest BCUT2D eigenvalue weighted by Gasteiger charge is 2.09. The van der Waals surface area contributed by atoms with Crippen LogP contribution < -0.4 is 5.32 Å². The summed E-state index contributed by atoms with van der Waals surface area (Å²) in [5.41, 5.74) is 3.56. The average molecular weight is 336 g/mol. The summed E-state index contributed by atoms with van der Waals surface area (Å²) in [6.07, 6.45) is 5.83. The van der Waals surface area contributed by atoms with Crippen molar-refractivity contribution in [2.75, 3.05) is 13.1 Å². The SMILES string of the molecule is O=C(Cc1ccccc1)NCc1ccc(CN2CCCCCC2)cc1. The van der Waals surface area contributed by atoms with Gasteiger partial charge >= 0.3 is 0 Å². The third-order valence-corrected chi connectivity index (χ3v) is 4.83. The van der Waals surface area contributed by atoms with Crippen LogP contribution in [0.2, 0.25) is 0 Å². The molecule has 0 saturated carbocycles. The van der Waals surface area contributed by atoms with Gasteiger partial charge in [0.1, 0.15) is 0 Å². The summed E-state index contributed by atoms with van der Waals surface area (Å²) in [5, 5.41) is 3.01. The van der Waals surface area contributed by atoms with Crippen LogP contribution >= 0.6 is 0 Å². The molecule has 0 spiro atoms. The van der Waals surface area contributed by atoms with Crippen molar-refractivity contribution in [3.8, 4) is 0 Å². The van der Waals surface area contributed by atoms with Crippen LogP contribution in [0, 0.1) is 0 Å². The Morgan fingerprint density at radius 2 is 1.44 bits per heavy atom. The lowest BCUT2D eigenvalue weighted by atomic mass is 10.1. The molecule has 0 aliphatic carbocycles. The fourth-order valence-corrected chi connectivity index (χ4v) is 3.36. The standard InChI is InChI=1S/C22H28N2O/c25-22(16-19-8-4-3-5-9-19)23-17-20-10-12-21(13-11-20)18-24-14-6-1-2-7-15-24/h3-5,8-13H,1-2,6-7,14-18H2,(H,23,25). The Hall–Kier alpha value is -2.13. The molecule has 1 aliphatic rings. The monoisotopic (exact) mass is 336 g/mol. The Balaban J connectivity index is 1.45. The Labute approximate surface area is 151 Å². The Kier molecular flexibility index (Phi) is 6.63. The van der Waals surface area contributed by atoms with Crippen molar-refractivity contribution in [1.29, 1.82) is 0 Å². The molecule has 0 aromatic heterocycles. The molecular weight excluding hydrogens is 308 g/mol. The minimum absolute atomic E-state index is 0.0693. The highest BCUT2D eigenvalue weighted by molar-refractivity contribution is 5.78.